The topological polar surface area (TPSA) is 28.2 Å². The van der Waals surface area contributed by atoms with Crippen LogP contribution in [-0.4, -0.2) is 19.1 Å². The van der Waals surface area contributed by atoms with Gasteiger partial charge in [0.05, 0.1) is 5.69 Å². The standard InChI is InChI=1S/C17H25N3S/c1-5-8-15-16(11-18-3)21-17(19-15)20(4)12-14-10-7-6-9-13(14)2/h6-7,9-10,18H,5,8,11-12H2,1-4H3. The first-order chi connectivity index (χ1) is 10.2. The number of anilines is 1. The van der Waals surface area contributed by atoms with Crippen molar-refractivity contribution in [2.24, 2.45) is 0 Å². The van der Waals surface area contributed by atoms with Crippen LogP contribution in [0.15, 0.2) is 24.3 Å². The van der Waals surface area contributed by atoms with Crippen LogP contribution < -0.4 is 10.2 Å². The minimum atomic E-state index is 0.907. The maximum Gasteiger partial charge on any atom is 0.185 e. The zero-order valence-electron chi connectivity index (χ0n) is 13.4. The maximum absolute atomic E-state index is 4.85. The van der Waals surface area contributed by atoms with Crippen LogP contribution in [0.4, 0.5) is 5.13 Å². The van der Waals surface area contributed by atoms with Gasteiger partial charge in [0.1, 0.15) is 0 Å². The van der Waals surface area contributed by atoms with E-state index in [2.05, 4.69) is 55.4 Å². The van der Waals surface area contributed by atoms with E-state index in [0.717, 1.165) is 31.1 Å². The van der Waals surface area contributed by atoms with E-state index in [1.807, 2.05) is 18.4 Å². The Morgan fingerprint density at radius 3 is 2.71 bits per heavy atom. The van der Waals surface area contributed by atoms with E-state index in [4.69, 9.17) is 4.98 Å². The Hall–Kier alpha value is -1.39. The monoisotopic (exact) mass is 303 g/mol. The zero-order valence-corrected chi connectivity index (χ0v) is 14.3. The molecule has 0 amide bonds. The van der Waals surface area contributed by atoms with E-state index in [1.54, 1.807) is 0 Å². The summed E-state index contributed by atoms with van der Waals surface area (Å²) < 4.78 is 0. The first-order valence-corrected chi connectivity index (χ1v) is 8.36. The van der Waals surface area contributed by atoms with Gasteiger partial charge in [0.2, 0.25) is 0 Å². The summed E-state index contributed by atoms with van der Waals surface area (Å²) in [4.78, 5) is 8.47. The van der Waals surface area contributed by atoms with Crippen LogP contribution in [0, 0.1) is 6.92 Å². The molecule has 0 saturated heterocycles. The lowest BCUT2D eigenvalue weighted by atomic mass is 10.1. The van der Waals surface area contributed by atoms with Crippen LogP contribution in [0.5, 0.6) is 0 Å². The fourth-order valence-electron chi connectivity index (χ4n) is 2.37. The molecule has 1 heterocycles. The normalized spacial score (nSPS) is 10.9. The second-order valence-corrected chi connectivity index (χ2v) is 6.49. The zero-order chi connectivity index (χ0) is 15.2. The third kappa shape index (κ3) is 4.05. The summed E-state index contributed by atoms with van der Waals surface area (Å²) in [6.45, 7) is 6.19. The molecule has 21 heavy (non-hydrogen) atoms. The number of aromatic nitrogens is 1. The third-order valence-corrected chi connectivity index (χ3v) is 4.80. The van der Waals surface area contributed by atoms with E-state index >= 15 is 0 Å². The highest BCUT2D eigenvalue weighted by molar-refractivity contribution is 7.15. The molecule has 0 unspecified atom stereocenters. The summed E-state index contributed by atoms with van der Waals surface area (Å²) in [6, 6.07) is 8.56. The highest BCUT2D eigenvalue weighted by Gasteiger charge is 2.13. The van der Waals surface area contributed by atoms with Crippen LogP contribution >= 0.6 is 11.3 Å². The molecule has 2 aromatic rings. The van der Waals surface area contributed by atoms with Crippen molar-refractivity contribution in [1.29, 1.82) is 0 Å². The van der Waals surface area contributed by atoms with Gasteiger partial charge in [-0.1, -0.05) is 37.6 Å². The number of nitrogens with one attached hydrogen (secondary N) is 1. The first-order valence-electron chi connectivity index (χ1n) is 7.54. The van der Waals surface area contributed by atoms with Crippen molar-refractivity contribution in [2.75, 3.05) is 19.0 Å². The van der Waals surface area contributed by atoms with Crippen LogP contribution in [0.2, 0.25) is 0 Å². The number of hydrogen-bond donors (Lipinski definition) is 1. The second kappa shape index (κ2) is 7.57. The quantitative estimate of drug-likeness (QED) is 0.844. The molecule has 4 heteroatoms. The lowest BCUT2D eigenvalue weighted by Gasteiger charge is -2.17. The van der Waals surface area contributed by atoms with Crippen LogP contribution in [-0.2, 0) is 19.5 Å². The molecule has 0 fully saturated rings. The molecule has 2 rings (SSSR count). The number of thiazole rings is 1. The number of hydrogen-bond acceptors (Lipinski definition) is 4. The lowest BCUT2D eigenvalue weighted by molar-refractivity contribution is 0.796. The first kappa shape index (κ1) is 16.0. The molecule has 0 aliphatic heterocycles. The van der Waals surface area contributed by atoms with Gasteiger partial charge in [0, 0.05) is 25.0 Å². The number of rotatable bonds is 7. The van der Waals surface area contributed by atoms with Crippen LogP contribution in [0.3, 0.4) is 0 Å². The van der Waals surface area contributed by atoms with Gasteiger partial charge < -0.3 is 10.2 Å². The summed E-state index contributed by atoms with van der Waals surface area (Å²) in [5, 5.41) is 4.36. The Morgan fingerprint density at radius 1 is 1.29 bits per heavy atom. The second-order valence-electron chi connectivity index (χ2n) is 5.43. The van der Waals surface area contributed by atoms with Gasteiger partial charge in [-0.2, -0.15) is 0 Å². The van der Waals surface area contributed by atoms with Crippen molar-refractivity contribution in [1.82, 2.24) is 10.3 Å². The predicted molar refractivity (Wildman–Crippen MR) is 92.2 cm³/mol. The molecule has 0 radical (unpaired) electrons. The molecule has 0 aliphatic carbocycles. The van der Waals surface area contributed by atoms with Gasteiger partial charge in [-0.25, -0.2) is 4.98 Å². The average molecular weight is 303 g/mol. The molecule has 0 bridgehead atoms. The molecule has 1 aromatic heterocycles. The molecule has 0 spiro atoms. The van der Waals surface area contributed by atoms with Gasteiger partial charge >= 0.3 is 0 Å². The number of benzene rings is 1. The Labute approximate surface area is 132 Å². The third-order valence-electron chi connectivity index (χ3n) is 3.59. The van der Waals surface area contributed by atoms with Crippen molar-refractivity contribution < 1.29 is 0 Å². The van der Waals surface area contributed by atoms with Gasteiger partial charge in [-0.3, -0.25) is 0 Å². The Bertz CT molecular complexity index is 554. The van der Waals surface area contributed by atoms with E-state index in [9.17, 15) is 0 Å². The largest absolute Gasteiger partial charge is 0.347 e. The van der Waals surface area contributed by atoms with E-state index in [-0.39, 0.29) is 0 Å². The minimum Gasteiger partial charge on any atom is -0.347 e. The minimum absolute atomic E-state index is 0.907. The number of aryl methyl sites for hydroxylation is 2. The molecule has 1 aromatic carbocycles. The van der Waals surface area contributed by atoms with Gasteiger partial charge in [-0.15, -0.1) is 11.3 Å². The molecular weight excluding hydrogens is 278 g/mol. The highest BCUT2D eigenvalue weighted by Crippen LogP contribution is 2.28. The van der Waals surface area contributed by atoms with Gasteiger partial charge in [0.25, 0.3) is 0 Å². The Kier molecular flexibility index (Phi) is 5.76. The van der Waals surface area contributed by atoms with Crippen LogP contribution in [0.25, 0.3) is 0 Å². The van der Waals surface area contributed by atoms with Crippen LogP contribution in [0.1, 0.15) is 35.0 Å². The van der Waals surface area contributed by atoms with E-state index in [1.165, 1.54) is 21.7 Å². The average Bonchev–Trinajstić information content (AvgIpc) is 2.86. The SMILES string of the molecule is CCCc1nc(N(C)Cc2ccccc2C)sc1CNC. The van der Waals surface area contributed by atoms with Crippen molar-refractivity contribution in [3.8, 4) is 0 Å². The predicted octanol–water partition coefficient (Wildman–Crippen LogP) is 3.76. The molecule has 0 atom stereocenters. The molecule has 3 nitrogen and oxygen atoms in total. The fraction of sp³-hybridized carbons (Fsp3) is 0.471. The van der Waals surface area contributed by atoms with E-state index in [0.29, 0.717) is 0 Å². The molecule has 114 valence electrons. The van der Waals surface area contributed by atoms with Crippen molar-refractivity contribution in [3.63, 3.8) is 0 Å². The fourth-order valence-corrected chi connectivity index (χ4v) is 3.45. The number of nitrogens with zero attached hydrogens (tertiary/aromatic N) is 2. The van der Waals surface area contributed by atoms with Crippen molar-refractivity contribution >= 4 is 16.5 Å². The molecule has 0 saturated carbocycles. The highest BCUT2D eigenvalue weighted by atomic mass is 32.1. The van der Waals surface area contributed by atoms with Crippen molar-refractivity contribution in [3.05, 3.63) is 46.0 Å². The Morgan fingerprint density at radius 2 is 2.05 bits per heavy atom. The smallest absolute Gasteiger partial charge is 0.185 e. The molecule has 0 aliphatic rings. The maximum atomic E-state index is 4.85. The lowest BCUT2D eigenvalue weighted by Crippen LogP contribution is -2.16. The van der Waals surface area contributed by atoms with E-state index < -0.39 is 0 Å². The summed E-state index contributed by atoms with van der Waals surface area (Å²) in [5.41, 5.74) is 3.95. The Balaban J connectivity index is 2.17. The summed E-state index contributed by atoms with van der Waals surface area (Å²) in [6.07, 6.45) is 2.20. The summed E-state index contributed by atoms with van der Waals surface area (Å²) >= 11 is 1.81. The summed E-state index contributed by atoms with van der Waals surface area (Å²) in [7, 11) is 4.12. The van der Waals surface area contributed by atoms with Gasteiger partial charge in [0.15, 0.2) is 5.13 Å². The van der Waals surface area contributed by atoms with Gasteiger partial charge in [-0.05, 0) is 31.5 Å². The molecule has 1 N–H and O–H groups in total. The molecular formula is C17H25N3S. The summed E-state index contributed by atoms with van der Waals surface area (Å²) in [5.74, 6) is 0. The van der Waals surface area contributed by atoms with Crippen molar-refractivity contribution in [2.45, 2.75) is 39.8 Å².